The van der Waals surface area contributed by atoms with Crippen LogP contribution in [0.5, 0.6) is 0 Å². The first-order chi connectivity index (χ1) is 16.6. The highest BCUT2D eigenvalue weighted by atomic mass is 35.5. The van der Waals surface area contributed by atoms with Crippen molar-refractivity contribution < 1.29 is 9.12 Å². The van der Waals surface area contributed by atoms with Crippen LogP contribution in [0.2, 0.25) is 5.02 Å². The van der Waals surface area contributed by atoms with Gasteiger partial charge in [0.1, 0.15) is 23.9 Å². The molecule has 1 atom stereocenters. The predicted octanol–water partition coefficient (Wildman–Crippen LogP) is 4.22. The second kappa shape index (κ2) is 8.03. The fraction of sp³-hybridized carbons (Fsp3) is 0.125. The molecule has 168 valence electrons. The zero-order chi connectivity index (χ0) is 23.2. The first-order valence-corrected chi connectivity index (χ1v) is 11.0. The van der Waals surface area contributed by atoms with E-state index >= 15 is 0 Å². The predicted molar refractivity (Wildman–Crippen MR) is 123 cm³/mol. The molecule has 5 aromatic rings. The van der Waals surface area contributed by atoms with Crippen molar-refractivity contribution in [3.8, 4) is 28.1 Å². The van der Waals surface area contributed by atoms with E-state index in [-0.39, 0.29) is 11.7 Å². The number of hydrogen-bond acceptors (Lipinski definition) is 5. The molecule has 0 saturated heterocycles. The topological polar surface area (TPSA) is 99.2 Å². The summed E-state index contributed by atoms with van der Waals surface area (Å²) in [4.78, 5) is 7.85. The second-order valence-electron chi connectivity index (χ2n) is 8.15. The number of nitrogens with one attached hydrogen (secondary N) is 1. The molecule has 1 unspecified atom stereocenters. The number of aromatic amines is 1. The Morgan fingerprint density at radius 3 is 2.88 bits per heavy atom. The fourth-order valence-corrected chi connectivity index (χ4v) is 4.76. The highest BCUT2D eigenvalue weighted by Gasteiger charge is 2.35. The number of H-pyrrole nitrogens is 1. The van der Waals surface area contributed by atoms with Gasteiger partial charge in [0.2, 0.25) is 5.69 Å². The number of fused-ring (bicyclic) bond motifs is 1. The summed E-state index contributed by atoms with van der Waals surface area (Å²) < 4.78 is 16.1. The van der Waals surface area contributed by atoms with Crippen molar-refractivity contribution in [3.63, 3.8) is 0 Å². The second-order valence-corrected chi connectivity index (χ2v) is 8.59. The first-order valence-electron chi connectivity index (χ1n) is 10.7. The van der Waals surface area contributed by atoms with Gasteiger partial charge in [0.05, 0.1) is 11.4 Å². The summed E-state index contributed by atoms with van der Waals surface area (Å²) in [5.74, 6) is 0.190. The van der Waals surface area contributed by atoms with Crippen molar-refractivity contribution in [2.75, 3.05) is 0 Å². The van der Waals surface area contributed by atoms with Gasteiger partial charge in [0.25, 0.3) is 0 Å². The monoisotopic (exact) mass is 473 g/mol. The molecule has 10 heteroatoms. The molecule has 1 aliphatic carbocycles. The lowest BCUT2D eigenvalue weighted by Crippen LogP contribution is -2.33. The molecule has 0 fully saturated rings. The number of pyridine rings is 1. The quantitative estimate of drug-likeness (QED) is 0.311. The van der Waals surface area contributed by atoms with Gasteiger partial charge >= 0.3 is 0 Å². The average molecular weight is 474 g/mol. The molecule has 6 rings (SSSR count). The minimum Gasteiger partial charge on any atom is -0.618 e. The normalized spacial score (nSPS) is 14.9. The van der Waals surface area contributed by atoms with Crippen molar-refractivity contribution in [3.05, 3.63) is 100 Å². The molecule has 2 aromatic carbocycles. The van der Waals surface area contributed by atoms with Crippen LogP contribution in [0.4, 0.5) is 4.39 Å². The number of nitrogens with zero attached hydrogens (tertiary/aromatic N) is 6. The Morgan fingerprint density at radius 2 is 2.06 bits per heavy atom. The van der Waals surface area contributed by atoms with Gasteiger partial charge in [-0.15, -0.1) is 5.10 Å². The Labute approximate surface area is 198 Å². The van der Waals surface area contributed by atoms with Crippen LogP contribution in [-0.2, 0) is 6.42 Å². The SMILES string of the molecule is [O-][n+]1cc(-c2cc(Cl)ccc2-n2cnnn2)cc2c1C(c1nc(-c3cccc(F)c3)c[nH]1)CC2. The average Bonchev–Trinajstić information content (AvgIpc) is 3.59. The van der Waals surface area contributed by atoms with Crippen molar-refractivity contribution in [2.24, 2.45) is 0 Å². The molecule has 0 amide bonds. The molecule has 34 heavy (non-hydrogen) atoms. The Bertz CT molecular complexity index is 1520. The number of tetrazole rings is 1. The summed E-state index contributed by atoms with van der Waals surface area (Å²) in [7, 11) is 0. The molecule has 1 aliphatic rings. The van der Waals surface area contributed by atoms with Gasteiger partial charge in [-0.1, -0.05) is 23.7 Å². The first kappa shape index (κ1) is 20.5. The van der Waals surface area contributed by atoms with Gasteiger partial charge in [0.15, 0.2) is 6.20 Å². The number of rotatable bonds is 4. The van der Waals surface area contributed by atoms with Crippen LogP contribution in [0.3, 0.4) is 0 Å². The van der Waals surface area contributed by atoms with Crippen LogP contribution in [-0.4, -0.2) is 30.2 Å². The fourth-order valence-electron chi connectivity index (χ4n) is 4.59. The van der Waals surface area contributed by atoms with E-state index in [1.165, 1.54) is 23.1 Å². The maximum Gasteiger partial charge on any atom is 0.206 e. The van der Waals surface area contributed by atoms with Crippen LogP contribution < -0.4 is 4.73 Å². The molecule has 8 nitrogen and oxygen atoms in total. The molecule has 3 aromatic heterocycles. The van der Waals surface area contributed by atoms with E-state index in [0.29, 0.717) is 27.8 Å². The van der Waals surface area contributed by atoms with E-state index in [4.69, 9.17) is 11.6 Å². The van der Waals surface area contributed by atoms with E-state index in [2.05, 4.69) is 25.5 Å². The van der Waals surface area contributed by atoms with E-state index in [9.17, 15) is 9.60 Å². The largest absolute Gasteiger partial charge is 0.618 e. The standard InChI is InChI=1S/C24H17ClFN7O/c25-17-5-7-22(32-13-28-30-31-32)20(10-17)16-8-15-4-6-19(23(15)33(34)12-16)24-27-11-21(29-24)14-2-1-3-18(26)9-14/h1-3,5,7-13,19H,4,6H2,(H,27,29). The number of halogens is 2. The molecule has 0 radical (unpaired) electrons. The summed E-state index contributed by atoms with van der Waals surface area (Å²) >= 11 is 6.27. The Morgan fingerprint density at radius 1 is 1.15 bits per heavy atom. The number of aromatic nitrogens is 7. The molecule has 0 aliphatic heterocycles. The molecule has 0 saturated carbocycles. The van der Waals surface area contributed by atoms with E-state index in [1.807, 2.05) is 12.1 Å². The number of aryl methyl sites for hydroxylation is 1. The summed E-state index contributed by atoms with van der Waals surface area (Å²) in [6, 6.07) is 13.7. The van der Waals surface area contributed by atoms with Crippen LogP contribution in [0.1, 0.15) is 29.4 Å². The van der Waals surface area contributed by atoms with E-state index in [0.717, 1.165) is 39.9 Å². The van der Waals surface area contributed by atoms with E-state index < -0.39 is 0 Å². The Balaban J connectivity index is 1.39. The van der Waals surface area contributed by atoms with Gasteiger partial charge in [-0.05, 0) is 59.7 Å². The molecule has 3 heterocycles. The Kier molecular flexibility index (Phi) is 4.84. The highest BCUT2D eigenvalue weighted by molar-refractivity contribution is 6.31. The van der Waals surface area contributed by atoms with Gasteiger partial charge in [-0.25, -0.2) is 9.37 Å². The number of hydrogen-bond donors (Lipinski definition) is 1. The molecule has 0 spiro atoms. The van der Waals surface area contributed by atoms with Crippen LogP contribution in [0.25, 0.3) is 28.1 Å². The van der Waals surface area contributed by atoms with Gasteiger partial charge in [-0.2, -0.15) is 9.41 Å². The molecular weight excluding hydrogens is 457 g/mol. The van der Waals surface area contributed by atoms with Crippen LogP contribution >= 0.6 is 11.6 Å². The van der Waals surface area contributed by atoms with Gasteiger partial charge < -0.3 is 10.2 Å². The maximum atomic E-state index is 13.6. The molecular formula is C24H17ClFN7O. The van der Waals surface area contributed by atoms with Gasteiger partial charge in [-0.3, -0.25) is 0 Å². The third-order valence-corrected chi connectivity index (χ3v) is 6.33. The highest BCUT2D eigenvalue weighted by Crippen LogP contribution is 2.38. The number of imidazole rings is 1. The van der Waals surface area contributed by atoms with Crippen LogP contribution in [0.15, 0.2) is 67.3 Å². The lowest BCUT2D eigenvalue weighted by molar-refractivity contribution is -0.614. The van der Waals surface area contributed by atoms with E-state index in [1.54, 1.807) is 36.7 Å². The van der Waals surface area contributed by atoms with Crippen molar-refractivity contribution >= 4 is 11.6 Å². The minimum atomic E-state index is -0.319. The summed E-state index contributed by atoms with van der Waals surface area (Å²) in [5.41, 5.74) is 5.13. The van der Waals surface area contributed by atoms with Crippen molar-refractivity contribution in [2.45, 2.75) is 18.8 Å². The third kappa shape index (κ3) is 3.50. The smallest absolute Gasteiger partial charge is 0.206 e. The zero-order valence-electron chi connectivity index (χ0n) is 17.7. The summed E-state index contributed by atoms with van der Waals surface area (Å²) in [6.07, 6.45) is 6.26. The summed E-state index contributed by atoms with van der Waals surface area (Å²) in [6.45, 7) is 0. The molecule has 0 bridgehead atoms. The van der Waals surface area contributed by atoms with Crippen LogP contribution in [0, 0.1) is 11.0 Å². The van der Waals surface area contributed by atoms with Crippen molar-refractivity contribution in [1.82, 2.24) is 30.2 Å². The lowest BCUT2D eigenvalue weighted by Gasteiger charge is -2.13. The van der Waals surface area contributed by atoms with Crippen molar-refractivity contribution in [1.29, 1.82) is 0 Å². The van der Waals surface area contributed by atoms with Gasteiger partial charge in [0, 0.05) is 33.5 Å². The summed E-state index contributed by atoms with van der Waals surface area (Å²) in [5, 5.41) is 25.2. The zero-order valence-corrected chi connectivity index (χ0v) is 18.4. The maximum absolute atomic E-state index is 13.6. The Hall–Kier alpha value is -4.11. The lowest BCUT2D eigenvalue weighted by atomic mass is 10.0. The number of benzene rings is 2. The third-order valence-electron chi connectivity index (χ3n) is 6.10. The molecule has 1 N–H and O–H groups in total. The minimum absolute atomic E-state index is 0.179.